The number of ether oxygens (including phenoxy) is 2. The van der Waals surface area contributed by atoms with Crippen LogP contribution in [-0.2, 0) is 19.7 Å². The van der Waals surface area contributed by atoms with Gasteiger partial charge in [-0.05, 0) is 89.2 Å². The Balaban J connectivity index is 2.22. The van der Waals surface area contributed by atoms with Crippen molar-refractivity contribution in [3.63, 3.8) is 0 Å². The zero-order chi connectivity index (χ0) is 20.5. The highest BCUT2D eigenvalue weighted by molar-refractivity contribution is 14.1. The first kappa shape index (κ1) is 22.0. The maximum absolute atomic E-state index is 12.1. The van der Waals surface area contributed by atoms with Crippen LogP contribution in [0.25, 0.3) is 0 Å². The fourth-order valence-electron chi connectivity index (χ4n) is 2.45. The van der Waals surface area contributed by atoms with Crippen LogP contribution in [0.1, 0.15) is 16.7 Å². The lowest BCUT2D eigenvalue weighted by molar-refractivity contribution is -0.156. The molecule has 0 heterocycles. The van der Waals surface area contributed by atoms with Gasteiger partial charge in [0.05, 0.1) is 4.90 Å². The summed E-state index contributed by atoms with van der Waals surface area (Å²) >= 11 is 3.28. The molecule has 0 unspecified atom stereocenters. The average molecular weight is 615 g/mol. The molecule has 0 saturated heterocycles. The van der Waals surface area contributed by atoms with Crippen LogP contribution in [0.2, 0.25) is 0 Å². The van der Waals surface area contributed by atoms with E-state index >= 15 is 0 Å². The van der Waals surface area contributed by atoms with Crippen molar-refractivity contribution in [1.29, 1.82) is 0 Å². The van der Waals surface area contributed by atoms with E-state index in [0.717, 1.165) is 5.56 Å². The van der Waals surface area contributed by atoms with Gasteiger partial charge in [-0.3, -0.25) is 0 Å². The van der Waals surface area contributed by atoms with Crippen LogP contribution in [0, 0.1) is 27.9 Å². The van der Waals surface area contributed by atoms with E-state index in [2.05, 4.69) is 0 Å². The molecule has 0 N–H and O–H groups in total. The van der Waals surface area contributed by atoms with E-state index in [1.165, 1.54) is 12.1 Å². The van der Waals surface area contributed by atoms with Crippen molar-refractivity contribution in [3.8, 4) is 11.5 Å². The first-order valence-electron chi connectivity index (χ1n) is 7.37. The van der Waals surface area contributed by atoms with E-state index in [4.69, 9.17) is 9.47 Å². The van der Waals surface area contributed by atoms with Crippen molar-refractivity contribution in [3.05, 3.63) is 48.1 Å². The molecule has 0 aliphatic carbocycles. The lowest BCUT2D eigenvalue weighted by Crippen LogP contribution is -2.26. The topological polar surface area (TPSA) is 110 Å². The molecule has 0 amide bonds. The standard InChI is InChI=1S/C17H14I2O7S/c1-8-4-9(2)14(10(3)5-8)26-17(21)16(20)25-11-6-12(18)15(13(19)7-11)27(22,23)24/h4-7H,1-3H3,(H,22,23,24)/p-1. The van der Waals surface area contributed by atoms with Crippen LogP contribution in [-0.4, -0.2) is 24.9 Å². The van der Waals surface area contributed by atoms with E-state index in [1.54, 1.807) is 59.0 Å². The summed E-state index contributed by atoms with van der Waals surface area (Å²) in [6.07, 6.45) is 0. The predicted molar refractivity (Wildman–Crippen MR) is 112 cm³/mol. The summed E-state index contributed by atoms with van der Waals surface area (Å²) < 4.78 is 44.0. The molecule has 144 valence electrons. The fourth-order valence-corrected chi connectivity index (χ4v) is 6.37. The van der Waals surface area contributed by atoms with Gasteiger partial charge in [0.1, 0.15) is 21.6 Å². The van der Waals surface area contributed by atoms with Crippen LogP contribution in [0.4, 0.5) is 0 Å². The van der Waals surface area contributed by atoms with Gasteiger partial charge in [-0.2, -0.15) is 0 Å². The Labute approximate surface area is 183 Å². The van der Waals surface area contributed by atoms with Crippen molar-refractivity contribution in [1.82, 2.24) is 0 Å². The molecule has 0 fully saturated rings. The Morgan fingerprint density at radius 1 is 0.889 bits per heavy atom. The van der Waals surface area contributed by atoms with Crippen molar-refractivity contribution in [2.45, 2.75) is 25.7 Å². The lowest BCUT2D eigenvalue weighted by atomic mass is 10.1. The monoisotopic (exact) mass is 615 g/mol. The third-order valence-electron chi connectivity index (χ3n) is 3.40. The van der Waals surface area contributed by atoms with E-state index in [-0.39, 0.29) is 18.6 Å². The first-order valence-corrected chi connectivity index (χ1v) is 10.9. The summed E-state index contributed by atoms with van der Waals surface area (Å²) in [5.41, 5.74) is 2.38. The summed E-state index contributed by atoms with van der Waals surface area (Å²) in [7, 11) is -4.68. The fraction of sp³-hybridized carbons (Fsp3) is 0.176. The van der Waals surface area contributed by atoms with Crippen LogP contribution in [0.3, 0.4) is 0 Å². The number of hydrogen-bond acceptors (Lipinski definition) is 7. The highest BCUT2D eigenvalue weighted by atomic mass is 127. The molecule has 0 bridgehead atoms. The van der Waals surface area contributed by atoms with Crippen LogP contribution in [0.5, 0.6) is 11.5 Å². The minimum atomic E-state index is -4.68. The summed E-state index contributed by atoms with van der Waals surface area (Å²) in [6, 6.07) is 5.99. The molecular weight excluding hydrogens is 602 g/mol. The Bertz CT molecular complexity index is 999. The van der Waals surface area contributed by atoms with Crippen molar-refractivity contribution in [2.24, 2.45) is 0 Å². The Morgan fingerprint density at radius 2 is 1.33 bits per heavy atom. The highest BCUT2D eigenvalue weighted by Gasteiger charge is 2.23. The van der Waals surface area contributed by atoms with Crippen molar-refractivity contribution < 1.29 is 32.0 Å². The van der Waals surface area contributed by atoms with E-state index < -0.39 is 27.0 Å². The second-order valence-electron chi connectivity index (χ2n) is 5.68. The number of hydrogen-bond donors (Lipinski definition) is 0. The number of carbonyl (C=O) groups is 2. The van der Waals surface area contributed by atoms with Gasteiger partial charge >= 0.3 is 11.9 Å². The molecule has 0 atom stereocenters. The molecule has 7 nitrogen and oxygen atoms in total. The molecule has 2 aromatic carbocycles. The summed E-state index contributed by atoms with van der Waals surface area (Å²) in [5, 5.41) is 0. The largest absolute Gasteiger partial charge is 0.744 e. The quantitative estimate of drug-likeness (QED) is 0.172. The zero-order valence-corrected chi connectivity index (χ0v) is 19.5. The number of benzene rings is 2. The highest BCUT2D eigenvalue weighted by Crippen LogP contribution is 2.29. The molecule has 0 aliphatic heterocycles. The summed E-state index contributed by atoms with van der Waals surface area (Å²) in [4.78, 5) is 23.7. The van der Waals surface area contributed by atoms with Crippen LogP contribution >= 0.6 is 45.2 Å². The normalized spacial score (nSPS) is 11.2. The van der Waals surface area contributed by atoms with Gasteiger partial charge in [0.15, 0.2) is 0 Å². The Hall–Kier alpha value is -1.25. The average Bonchev–Trinajstić information content (AvgIpc) is 2.48. The molecule has 2 rings (SSSR count). The maximum Gasteiger partial charge on any atom is 0.423 e. The van der Waals surface area contributed by atoms with Gasteiger partial charge in [0.2, 0.25) is 0 Å². The number of esters is 2. The van der Waals surface area contributed by atoms with Crippen molar-refractivity contribution in [2.75, 3.05) is 0 Å². The summed E-state index contributed by atoms with van der Waals surface area (Å²) in [5.74, 6) is -2.27. The summed E-state index contributed by atoms with van der Waals surface area (Å²) in [6.45, 7) is 5.40. The van der Waals surface area contributed by atoms with Gasteiger partial charge in [0, 0.05) is 7.14 Å². The number of halogens is 2. The molecular formula is C17H13I2O7S-. The number of rotatable bonds is 3. The molecule has 0 saturated carbocycles. The second kappa shape index (κ2) is 8.41. The zero-order valence-electron chi connectivity index (χ0n) is 14.3. The van der Waals surface area contributed by atoms with E-state index in [0.29, 0.717) is 11.1 Å². The molecule has 0 aliphatic rings. The first-order chi connectivity index (χ1) is 12.4. The van der Waals surface area contributed by atoms with Gasteiger partial charge < -0.3 is 14.0 Å². The van der Waals surface area contributed by atoms with Gasteiger partial charge in [-0.15, -0.1) is 0 Å². The van der Waals surface area contributed by atoms with Crippen LogP contribution < -0.4 is 9.47 Å². The molecule has 0 spiro atoms. The molecule has 27 heavy (non-hydrogen) atoms. The maximum atomic E-state index is 12.1. The van der Waals surface area contributed by atoms with E-state index in [9.17, 15) is 22.6 Å². The number of aryl methyl sites for hydroxylation is 3. The number of carbonyl (C=O) groups excluding carboxylic acids is 2. The molecule has 10 heteroatoms. The third kappa shape index (κ3) is 5.39. The lowest BCUT2D eigenvalue weighted by Gasteiger charge is -2.14. The Morgan fingerprint density at radius 3 is 1.78 bits per heavy atom. The Kier molecular flexibility index (Phi) is 6.86. The van der Waals surface area contributed by atoms with Crippen LogP contribution in [0.15, 0.2) is 29.2 Å². The van der Waals surface area contributed by atoms with Crippen molar-refractivity contribution >= 4 is 67.2 Å². The van der Waals surface area contributed by atoms with E-state index in [1.807, 2.05) is 19.1 Å². The smallest absolute Gasteiger partial charge is 0.423 e. The molecule has 0 aromatic heterocycles. The predicted octanol–water partition coefficient (Wildman–Crippen LogP) is 3.24. The van der Waals surface area contributed by atoms with Gasteiger partial charge in [-0.25, -0.2) is 18.0 Å². The SMILES string of the molecule is Cc1cc(C)c(OC(=O)C(=O)Oc2cc(I)c(S(=O)(=O)[O-])c(I)c2)c(C)c1. The molecule has 2 aromatic rings. The minimum absolute atomic E-state index is 0.0736. The van der Waals surface area contributed by atoms with Gasteiger partial charge in [0.25, 0.3) is 0 Å². The third-order valence-corrected chi connectivity index (χ3v) is 6.77. The van der Waals surface area contributed by atoms with Gasteiger partial charge in [-0.1, -0.05) is 17.7 Å². The second-order valence-corrected chi connectivity index (χ2v) is 9.32. The molecule has 0 radical (unpaired) electrons. The minimum Gasteiger partial charge on any atom is -0.744 e.